The molecule has 1 N–H and O–H groups in total. The Morgan fingerprint density at radius 2 is 2.21 bits per heavy atom. The molecule has 0 aliphatic heterocycles. The van der Waals surface area contributed by atoms with Gasteiger partial charge < -0.3 is 5.11 Å². The van der Waals surface area contributed by atoms with Gasteiger partial charge in [0.25, 0.3) is 0 Å². The number of halogens is 1. The first-order valence-electron chi connectivity index (χ1n) is 4.53. The van der Waals surface area contributed by atoms with Crippen molar-refractivity contribution < 1.29 is 9.90 Å². The van der Waals surface area contributed by atoms with Gasteiger partial charge in [0.1, 0.15) is 0 Å². The second-order valence-electron chi connectivity index (χ2n) is 3.99. The Kier molecular flexibility index (Phi) is 2.04. The van der Waals surface area contributed by atoms with Crippen LogP contribution in [0.25, 0.3) is 0 Å². The van der Waals surface area contributed by atoms with E-state index in [2.05, 4.69) is 0 Å². The largest absolute Gasteiger partial charge is 0.481 e. The molecule has 1 aromatic rings. The van der Waals surface area contributed by atoms with Crippen molar-refractivity contribution in [2.75, 3.05) is 0 Å². The summed E-state index contributed by atoms with van der Waals surface area (Å²) in [6.07, 6.45) is 0.687. The van der Waals surface area contributed by atoms with Crippen LogP contribution in [0.1, 0.15) is 18.9 Å². The average molecular weight is 211 g/mol. The predicted molar refractivity (Wildman–Crippen MR) is 54.5 cm³/mol. The van der Waals surface area contributed by atoms with Crippen LogP contribution in [-0.2, 0) is 10.2 Å². The SMILES string of the molecule is CC1(c2ccccc2Cl)CC1C(=O)O. The zero-order valence-corrected chi connectivity index (χ0v) is 8.58. The molecule has 1 saturated carbocycles. The highest BCUT2D eigenvalue weighted by Gasteiger charge is 2.56. The highest BCUT2D eigenvalue weighted by atomic mass is 35.5. The topological polar surface area (TPSA) is 37.3 Å². The van der Waals surface area contributed by atoms with Crippen LogP contribution in [0.15, 0.2) is 24.3 Å². The fourth-order valence-corrected chi connectivity index (χ4v) is 2.30. The molecular formula is C11H11ClO2. The van der Waals surface area contributed by atoms with Gasteiger partial charge in [-0.05, 0) is 18.1 Å². The number of hydrogen-bond donors (Lipinski definition) is 1. The molecule has 2 nitrogen and oxygen atoms in total. The summed E-state index contributed by atoms with van der Waals surface area (Å²) in [4.78, 5) is 10.8. The van der Waals surface area contributed by atoms with E-state index < -0.39 is 5.97 Å². The van der Waals surface area contributed by atoms with Crippen LogP contribution in [0, 0.1) is 5.92 Å². The first-order valence-corrected chi connectivity index (χ1v) is 4.91. The van der Waals surface area contributed by atoms with E-state index in [0.29, 0.717) is 11.4 Å². The van der Waals surface area contributed by atoms with Gasteiger partial charge in [0, 0.05) is 10.4 Å². The van der Waals surface area contributed by atoms with Crippen molar-refractivity contribution >= 4 is 17.6 Å². The minimum Gasteiger partial charge on any atom is -0.481 e. The standard InChI is InChI=1S/C11H11ClO2/c1-11(6-8(11)10(13)14)7-4-2-3-5-9(7)12/h2-5,8H,6H2,1H3,(H,13,14). The molecule has 0 saturated heterocycles. The molecule has 0 bridgehead atoms. The lowest BCUT2D eigenvalue weighted by Gasteiger charge is -2.11. The van der Waals surface area contributed by atoms with E-state index in [-0.39, 0.29) is 11.3 Å². The summed E-state index contributed by atoms with van der Waals surface area (Å²) in [7, 11) is 0. The van der Waals surface area contributed by atoms with E-state index in [4.69, 9.17) is 16.7 Å². The second kappa shape index (κ2) is 2.99. The molecule has 3 heteroatoms. The lowest BCUT2D eigenvalue weighted by atomic mass is 9.95. The van der Waals surface area contributed by atoms with Crippen LogP contribution in [-0.4, -0.2) is 11.1 Å². The highest BCUT2D eigenvalue weighted by Crippen LogP contribution is 2.55. The molecule has 74 valence electrons. The number of rotatable bonds is 2. The maximum atomic E-state index is 10.8. The Hall–Kier alpha value is -1.02. The Balaban J connectivity index is 2.34. The Morgan fingerprint density at radius 1 is 1.57 bits per heavy atom. The first kappa shape index (κ1) is 9.53. The Bertz CT molecular complexity index is 389. The van der Waals surface area contributed by atoms with Gasteiger partial charge >= 0.3 is 5.97 Å². The normalized spacial score (nSPS) is 30.0. The minimum absolute atomic E-state index is 0.260. The van der Waals surface area contributed by atoms with Crippen LogP contribution in [0.2, 0.25) is 5.02 Å². The number of carboxylic acids is 1. The van der Waals surface area contributed by atoms with Gasteiger partial charge in [-0.3, -0.25) is 4.79 Å². The van der Waals surface area contributed by atoms with E-state index in [1.807, 2.05) is 25.1 Å². The number of aliphatic carboxylic acids is 1. The third-order valence-electron chi connectivity index (χ3n) is 3.02. The minimum atomic E-state index is -0.729. The molecule has 1 fully saturated rings. The predicted octanol–water partition coefficient (Wildman–Crippen LogP) is 2.70. The lowest BCUT2D eigenvalue weighted by molar-refractivity contribution is -0.138. The molecule has 2 atom stereocenters. The smallest absolute Gasteiger partial charge is 0.307 e. The first-order chi connectivity index (χ1) is 6.55. The molecule has 0 spiro atoms. The molecule has 0 amide bonds. The third kappa shape index (κ3) is 1.30. The summed E-state index contributed by atoms with van der Waals surface area (Å²) in [5.41, 5.74) is 0.693. The van der Waals surface area contributed by atoms with Crippen molar-refractivity contribution in [3.8, 4) is 0 Å². The molecule has 1 aliphatic rings. The van der Waals surface area contributed by atoms with E-state index in [1.54, 1.807) is 6.07 Å². The summed E-state index contributed by atoms with van der Waals surface area (Å²) >= 11 is 6.03. The van der Waals surface area contributed by atoms with Gasteiger partial charge in [0.15, 0.2) is 0 Å². The van der Waals surface area contributed by atoms with E-state index in [0.717, 1.165) is 5.56 Å². The zero-order valence-electron chi connectivity index (χ0n) is 7.83. The summed E-state index contributed by atoms with van der Waals surface area (Å²) < 4.78 is 0. The van der Waals surface area contributed by atoms with Gasteiger partial charge in [-0.2, -0.15) is 0 Å². The fraction of sp³-hybridized carbons (Fsp3) is 0.364. The van der Waals surface area contributed by atoms with Crippen LogP contribution in [0.5, 0.6) is 0 Å². The Labute approximate surface area is 87.5 Å². The molecule has 1 aromatic carbocycles. The van der Waals surface area contributed by atoms with Crippen molar-refractivity contribution in [1.82, 2.24) is 0 Å². The van der Waals surface area contributed by atoms with Crippen molar-refractivity contribution in [2.45, 2.75) is 18.8 Å². The van der Waals surface area contributed by atoms with Crippen LogP contribution >= 0.6 is 11.6 Å². The Morgan fingerprint density at radius 3 is 2.71 bits per heavy atom. The van der Waals surface area contributed by atoms with Gasteiger partial charge in [-0.15, -0.1) is 0 Å². The number of carbonyl (C=O) groups is 1. The average Bonchev–Trinajstić information content (AvgIpc) is 2.80. The van der Waals surface area contributed by atoms with Crippen LogP contribution in [0.3, 0.4) is 0 Å². The van der Waals surface area contributed by atoms with Crippen molar-refractivity contribution in [3.05, 3.63) is 34.9 Å². The van der Waals surface area contributed by atoms with Crippen molar-refractivity contribution in [1.29, 1.82) is 0 Å². The fourth-order valence-electron chi connectivity index (χ4n) is 1.95. The molecular weight excluding hydrogens is 200 g/mol. The number of hydrogen-bond acceptors (Lipinski definition) is 1. The molecule has 1 aliphatic carbocycles. The molecule has 2 unspecified atom stereocenters. The quantitative estimate of drug-likeness (QED) is 0.815. The summed E-state index contributed by atoms with van der Waals surface area (Å²) in [5, 5.41) is 9.56. The van der Waals surface area contributed by atoms with E-state index in [9.17, 15) is 4.79 Å². The number of carboxylic acid groups (broad SMARTS) is 1. The maximum Gasteiger partial charge on any atom is 0.307 e. The van der Waals surface area contributed by atoms with Gasteiger partial charge in [0.05, 0.1) is 5.92 Å². The van der Waals surface area contributed by atoms with Crippen LogP contribution in [0.4, 0.5) is 0 Å². The maximum absolute atomic E-state index is 10.8. The van der Waals surface area contributed by atoms with Crippen molar-refractivity contribution in [3.63, 3.8) is 0 Å². The molecule has 14 heavy (non-hydrogen) atoms. The van der Waals surface area contributed by atoms with Gasteiger partial charge in [-0.1, -0.05) is 36.7 Å². The van der Waals surface area contributed by atoms with E-state index in [1.165, 1.54) is 0 Å². The van der Waals surface area contributed by atoms with E-state index >= 15 is 0 Å². The molecule has 2 rings (SSSR count). The summed E-state index contributed by atoms with van der Waals surface area (Å²) in [6, 6.07) is 7.46. The highest BCUT2D eigenvalue weighted by molar-refractivity contribution is 6.31. The molecule has 0 heterocycles. The van der Waals surface area contributed by atoms with Gasteiger partial charge in [0.2, 0.25) is 0 Å². The lowest BCUT2D eigenvalue weighted by Crippen LogP contribution is -2.11. The van der Waals surface area contributed by atoms with Crippen molar-refractivity contribution in [2.24, 2.45) is 5.92 Å². The monoisotopic (exact) mass is 210 g/mol. The van der Waals surface area contributed by atoms with Crippen LogP contribution < -0.4 is 0 Å². The second-order valence-corrected chi connectivity index (χ2v) is 4.40. The summed E-state index contributed by atoms with van der Waals surface area (Å²) in [6.45, 7) is 1.95. The number of benzene rings is 1. The zero-order chi connectivity index (χ0) is 10.3. The third-order valence-corrected chi connectivity index (χ3v) is 3.35. The molecule has 0 radical (unpaired) electrons. The molecule has 0 aromatic heterocycles. The van der Waals surface area contributed by atoms with Gasteiger partial charge in [-0.25, -0.2) is 0 Å². The summed E-state index contributed by atoms with van der Waals surface area (Å²) in [5.74, 6) is -1.00.